The topological polar surface area (TPSA) is 94.4 Å². The third-order valence-corrected chi connectivity index (χ3v) is 6.36. The van der Waals surface area contributed by atoms with Gasteiger partial charge in [-0.2, -0.15) is 0 Å². The monoisotopic (exact) mass is 424 g/mol. The van der Waals surface area contributed by atoms with Gasteiger partial charge in [-0.05, 0) is 30.3 Å². The van der Waals surface area contributed by atoms with Crippen molar-refractivity contribution in [2.45, 2.75) is 6.04 Å². The second-order valence-corrected chi connectivity index (χ2v) is 8.82. The fraction of sp³-hybridized carbons (Fsp3) is 0.222. The number of halogens is 2. The zero-order chi connectivity index (χ0) is 20.5. The Morgan fingerprint density at radius 2 is 2.00 bits per heavy atom. The molecule has 0 fully saturated rings. The van der Waals surface area contributed by atoms with Crippen molar-refractivity contribution in [1.29, 1.82) is 0 Å². The molecule has 0 radical (unpaired) electrons. The van der Waals surface area contributed by atoms with Crippen LogP contribution in [0.15, 0.2) is 52.6 Å². The lowest BCUT2D eigenvalue weighted by Crippen LogP contribution is -2.42. The summed E-state index contributed by atoms with van der Waals surface area (Å²) in [6.45, 7) is -0.0948. The summed E-state index contributed by atoms with van der Waals surface area (Å²) >= 11 is 6.12. The summed E-state index contributed by atoms with van der Waals surface area (Å²) in [5, 5.41) is 15.3. The average molecular weight is 425 g/mol. The molecule has 2 aromatic rings. The van der Waals surface area contributed by atoms with Gasteiger partial charge in [0.1, 0.15) is 11.9 Å². The van der Waals surface area contributed by atoms with E-state index in [0.29, 0.717) is 22.0 Å². The molecule has 7 nitrogen and oxygen atoms in total. The van der Waals surface area contributed by atoms with Gasteiger partial charge in [-0.1, -0.05) is 28.9 Å². The highest BCUT2D eigenvalue weighted by molar-refractivity contribution is 8.04. The van der Waals surface area contributed by atoms with Gasteiger partial charge in [-0.25, -0.2) is 17.1 Å². The number of hydrogen-bond donors (Lipinski definition) is 2. The van der Waals surface area contributed by atoms with Crippen molar-refractivity contribution in [2.75, 3.05) is 26.0 Å². The van der Waals surface area contributed by atoms with Crippen molar-refractivity contribution >= 4 is 38.1 Å². The molecule has 1 atom stereocenters. The van der Waals surface area contributed by atoms with Crippen molar-refractivity contribution in [2.24, 2.45) is 10.1 Å². The first-order valence-corrected chi connectivity index (χ1v) is 10.1. The van der Waals surface area contributed by atoms with Crippen LogP contribution in [-0.2, 0) is 10.0 Å². The number of rotatable bonds is 3. The second-order valence-electron chi connectivity index (χ2n) is 6.28. The Hall–Kier alpha value is -2.49. The van der Waals surface area contributed by atoms with E-state index in [4.69, 9.17) is 11.6 Å². The third kappa shape index (κ3) is 3.73. The van der Waals surface area contributed by atoms with E-state index in [9.17, 15) is 18.0 Å². The van der Waals surface area contributed by atoms with Crippen LogP contribution in [0, 0.1) is 5.82 Å². The second kappa shape index (κ2) is 7.86. The summed E-state index contributed by atoms with van der Waals surface area (Å²) in [4.78, 5) is 4.44. The molecule has 0 aliphatic carbocycles. The maximum Gasteiger partial charge on any atom is 0.261 e. The summed E-state index contributed by atoms with van der Waals surface area (Å²) in [5.41, 5.74) is 1.58. The van der Waals surface area contributed by atoms with Crippen LogP contribution in [-0.4, -0.2) is 55.4 Å². The van der Waals surface area contributed by atoms with Crippen LogP contribution in [0.1, 0.15) is 11.1 Å². The van der Waals surface area contributed by atoms with Gasteiger partial charge >= 0.3 is 0 Å². The van der Waals surface area contributed by atoms with Crippen molar-refractivity contribution in [3.8, 4) is 0 Å². The normalized spacial score (nSPS) is 17.5. The number of oxime groups is 1. The van der Waals surface area contributed by atoms with Crippen LogP contribution in [0.25, 0.3) is 0 Å². The minimum atomic E-state index is -4.00. The van der Waals surface area contributed by atoms with E-state index in [2.05, 4.69) is 15.5 Å². The predicted octanol–water partition coefficient (Wildman–Crippen LogP) is 2.79. The fourth-order valence-electron chi connectivity index (χ4n) is 2.85. The lowest BCUT2D eigenvalue weighted by Gasteiger charge is -2.21. The lowest BCUT2D eigenvalue weighted by molar-refractivity contribution is 0.318. The maximum atomic E-state index is 14.4. The largest absolute Gasteiger partial charge is 0.410 e. The third-order valence-electron chi connectivity index (χ3n) is 4.27. The number of benzodiazepines with no additional fused rings is 1. The predicted molar refractivity (Wildman–Crippen MR) is 108 cm³/mol. The number of aliphatic imine (C=N–C) groups is 1. The first-order valence-electron chi connectivity index (χ1n) is 8.26. The molecule has 0 saturated carbocycles. The highest BCUT2D eigenvalue weighted by Crippen LogP contribution is 2.28. The van der Waals surface area contributed by atoms with Crippen LogP contribution in [0.2, 0.25) is 5.02 Å². The lowest BCUT2D eigenvalue weighted by atomic mass is 10.00. The van der Waals surface area contributed by atoms with Gasteiger partial charge in [-0.3, -0.25) is 4.99 Å². The van der Waals surface area contributed by atoms with Gasteiger partial charge in [0.25, 0.3) is 10.0 Å². The van der Waals surface area contributed by atoms with Crippen molar-refractivity contribution in [3.63, 3.8) is 0 Å². The molecule has 0 amide bonds. The molecule has 28 heavy (non-hydrogen) atoms. The Morgan fingerprint density at radius 3 is 2.64 bits per heavy atom. The van der Waals surface area contributed by atoms with Gasteiger partial charge in [0, 0.05) is 35.9 Å². The summed E-state index contributed by atoms with van der Waals surface area (Å²) in [5.74, 6) is -0.470. The molecule has 1 aliphatic heterocycles. The minimum Gasteiger partial charge on any atom is -0.410 e. The van der Waals surface area contributed by atoms with E-state index in [-0.39, 0.29) is 12.1 Å². The molecule has 2 aromatic carbocycles. The summed E-state index contributed by atoms with van der Waals surface area (Å²) in [6, 6.07) is 10.1. The number of hydrogen-bond acceptors (Lipinski definition) is 6. The maximum absolute atomic E-state index is 14.4. The summed E-state index contributed by atoms with van der Waals surface area (Å²) in [7, 11) is -1.34. The minimum absolute atomic E-state index is 0.0948. The molecule has 2 N–H and O–H groups in total. The molecule has 0 saturated heterocycles. The number of sulfonamides is 1. The average Bonchev–Trinajstić information content (AvgIpc) is 2.82. The van der Waals surface area contributed by atoms with Crippen LogP contribution in [0.3, 0.4) is 0 Å². The quantitative estimate of drug-likeness (QED) is 0.343. The molecule has 1 aliphatic rings. The number of nitrogens with one attached hydrogen (secondary N) is 1. The Bertz CT molecular complexity index is 1070. The van der Waals surface area contributed by atoms with Crippen molar-refractivity contribution in [3.05, 3.63) is 64.4 Å². The molecule has 0 bridgehead atoms. The Morgan fingerprint density at radius 1 is 1.29 bits per heavy atom. The zero-order valence-corrected chi connectivity index (χ0v) is 16.7. The molecule has 3 rings (SSSR count). The van der Waals surface area contributed by atoms with E-state index < -0.39 is 26.9 Å². The molecule has 148 valence electrons. The van der Waals surface area contributed by atoms with Gasteiger partial charge in [0.15, 0.2) is 0 Å². The van der Waals surface area contributed by atoms with Gasteiger partial charge in [-0.15, -0.1) is 0 Å². The molecule has 10 heteroatoms. The molecule has 0 spiro atoms. The van der Waals surface area contributed by atoms with Gasteiger partial charge < -0.3 is 10.5 Å². The Kier molecular flexibility index (Phi) is 5.69. The number of anilines is 1. The Labute approximate surface area is 167 Å². The van der Waals surface area contributed by atoms with Crippen LogP contribution < -0.4 is 5.32 Å². The standard InChI is InChI=1S/C18H18ClFN4O3S/c1-24(2)28(26,27)18(23-25)16-10-21-17(12-5-3-4-6-14(12)20)13-9-11(19)7-8-15(13)22-16/h3-9,16,22,25H,10H2,1-2H3/b23-18+. The SMILES string of the molecule is CN(C)S(=O)(=O)/C(=N/O)C1CN=C(c2ccccc2F)c2cc(Cl)ccc2N1. The van der Waals surface area contributed by atoms with Crippen LogP contribution in [0.5, 0.6) is 0 Å². The Balaban J connectivity index is 2.16. The number of nitrogens with zero attached hydrogens (tertiary/aromatic N) is 3. The van der Waals surface area contributed by atoms with Crippen molar-refractivity contribution < 1.29 is 18.0 Å². The summed E-state index contributed by atoms with van der Waals surface area (Å²) < 4.78 is 40.4. The molecular weight excluding hydrogens is 407 g/mol. The fourth-order valence-corrected chi connectivity index (χ4v) is 3.99. The molecule has 0 aromatic heterocycles. The molecular formula is C18H18ClFN4O3S. The van der Waals surface area contributed by atoms with Crippen LogP contribution in [0.4, 0.5) is 10.1 Å². The van der Waals surface area contributed by atoms with E-state index >= 15 is 0 Å². The zero-order valence-electron chi connectivity index (χ0n) is 15.1. The summed E-state index contributed by atoms with van der Waals surface area (Å²) in [6.07, 6.45) is 0. The highest BCUT2D eigenvalue weighted by atomic mass is 35.5. The molecule has 1 unspecified atom stereocenters. The van der Waals surface area contributed by atoms with E-state index in [1.807, 2.05) is 0 Å². The first-order chi connectivity index (χ1) is 13.3. The van der Waals surface area contributed by atoms with Crippen LogP contribution >= 0.6 is 11.6 Å². The smallest absolute Gasteiger partial charge is 0.261 e. The van der Waals surface area contributed by atoms with E-state index in [1.54, 1.807) is 36.4 Å². The highest BCUT2D eigenvalue weighted by Gasteiger charge is 2.33. The van der Waals surface area contributed by atoms with Gasteiger partial charge in [0.2, 0.25) is 5.04 Å². The van der Waals surface area contributed by atoms with E-state index in [1.165, 1.54) is 20.2 Å². The van der Waals surface area contributed by atoms with Gasteiger partial charge in [0.05, 0.1) is 12.3 Å². The van der Waals surface area contributed by atoms with Crippen molar-refractivity contribution in [1.82, 2.24) is 4.31 Å². The molecule has 1 heterocycles. The first kappa shape index (κ1) is 20.2. The van der Waals surface area contributed by atoms with E-state index in [0.717, 1.165) is 4.31 Å². The number of fused-ring (bicyclic) bond motifs is 1. The number of benzene rings is 2.